The molecule has 0 saturated heterocycles. The van der Waals surface area contributed by atoms with Crippen molar-refractivity contribution in [3.05, 3.63) is 0 Å². The van der Waals surface area contributed by atoms with Crippen LogP contribution in [0, 0.1) is 11.3 Å². The second kappa shape index (κ2) is 5.39. The van der Waals surface area contributed by atoms with Crippen LogP contribution in [0.5, 0.6) is 0 Å². The Hall–Kier alpha value is -1.75. The Morgan fingerprint density at radius 3 is 2.50 bits per heavy atom. The minimum Gasteiger partial charge on any atom is -0.211 e. The van der Waals surface area contributed by atoms with Crippen LogP contribution in [0.4, 0.5) is 0 Å². The van der Waals surface area contributed by atoms with Gasteiger partial charge in [-0.1, -0.05) is 0 Å². The molecular formula is C5H3N3O2. The Balaban J connectivity index is 3.98. The van der Waals surface area contributed by atoms with Crippen LogP contribution in [0.25, 0.3) is 0 Å². The van der Waals surface area contributed by atoms with Crippen LogP contribution in [0.3, 0.4) is 0 Å². The lowest BCUT2D eigenvalue weighted by Crippen LogP contribution is -2.04. The van der Waals surface area contributed by atoms with Crippen LogP contribution in [0.1, 0.15) is 0 Å². The summed E-state index contributed by atoms with van der Waals surface area (Å²) in [6, 6.07) is 0.732. The normalized spacial score (nSPS) is 9.90. The topological polar surface area (TPSA) is 82.7 Å². The van der Waals surface area contributed by atoms with Crippen LogP contribution in [0.2, 0.25) is 0 Å². The zero-order valence-corrected chi connectivity index (χ0v) is 4.94. The van der Waals surface area contributed by atoms with Gasteiger partial charge in [0.25, 0.3) is 0 Å². The Kier molecular flexibility index (Phi) is 4.45. The number of isocyanates is 2. The summed E-state index contributed by atoms with van der Waals surface area (Å²) in [5.41, 5.74) is 0. The molecule has 0 aliphatic heterocycles. The van der Waals surface area contributed by atoms with Crippen molar-refractivity contribution < 1.29 is 9.59 Å². The van der Waals surface area contributed by atoms with E-state index in [1.54, 1.807) is 6.07 Å². The van der Waals surface area contributed by atoms with Gasteiger partial charge < -0.3 is 0 Å². The number of hydrogen-bond donors (Lipinski definition) is 0. The molecule has 0 fully saturated rings. The van der Waals surface area contributed by atoms with Gasteiger partial charge in [-0.2, -0.15) is 10.3 Å². The molecule has 0 aliphatic carbocycles. The molecule has 0 aromatic carbocycles. The van der Waals surface area contributed by atoms with E-state index >= 15 is 0 Å². The number of rotatable bonds is 3. The minimum atomic E-state index is -0.904. The van der Waals surface area contributed by atoms with Crippen molar-refractivity contribution in [1.29, 1.82) is 5.26 Å². The highest BCUT2D eigenvalue weighted by Gasteiger charge is 2.00. The molecule has 0 amide bonds. The van der Waals surface area contributed by atoms with E-state index in [0.29, 0.717) is 0 Å². The van der Waals surface area contributed by atoms with E-state index in [-0.39, 0.29) is 6.54 Å². The van der Waals surface area contributed by atoms with E-state index in [2.05, 4.69) is 9.98 Å². The van der Waals surface area contributed by atoms with Gasteiger partial charge in [-0.25, -0.2) is 14.6 Å². The molecule has 0 spiro atoms. The third-order valence-electron chi connectivity index (χ3n) is 0.686. The molecule has 0 heterocycles. The highest BCUT2D eigenvalue weighted by Crippen LogP contribution is 1.86. The van der Waals surface area contributed by atoms with E-state index in [9.17, 15) is 9.59 Å². The van der Waals surface area contributed by atoms with Crippen molar-refractivity contribution in [2.24, 2.45) is 9.98 Å². The Labute approximate surface area is 56.7 Å². The summed E-state index contributed by atoms with van der Waals surface area (Å²) < 4.78 is 0. The van der Waals surface area contributed by atoms with Gasteiger partial charge >= 0.3 is 0 Å². The highest BCUT2D eigenvalue weighted by atomic mass is 16.1. The third kappa shape index (κ3) is 3.28. The quantitative estimate of drug-likeness (QED) is 0.390. The summed E-state index contributed by atoms with van der Waals surface area (Å²) in [7, 11) is 0. The molecule has 0 radical (unpaired) electrons. The van der Waals surface area contributed by atoms with Crippen molar-refractivity contribution >= 4 is 12.2 Å². The van der Waals surface area contributed by atoms with Crippen molar-refractivity contribution in [3.8, 4) is 6.07 Å². The summed E-state index contributed by atoms with van der Waals surface area (Å²) in [6.45, 7) is -0.130. The number of aliphatic imine (C=N–C) groups is 2. The van der Waals surface area contributed by atoms with E-state index in [0.717, 1.165) is 0 Å². The predicted octanol–water partition coefficient (Wildman–Crippen LogP) is -0.450. The molecule has 50 valence electrons. The van der Waals surface area contributed by atoms with Gasteiger partial charge in [-0.05, 0) is 0 Å². The first-order valence-electron chi connectivity index (χ1n) is 2.35. The molecule has 1 unspecified atom stereocenters. The molecule has 0 rings (SSSR count). The summed E-state index contributed by atoms with van der Waals surface area (Å²) in [5, 5.41) is 8.17. The van der Waals surface area contributed by atoms with Crippen LogP contribution in [-0.2, 0) is 9.59 Å². The van der Waals surface area contributed by atoms with Gasteiger partial charge in [0.05, 0.1) is 12.6 Å². The summed E-state index contributed by atoms with van der Waals surface area (Å²) in [5.74, 6) is 0. The van der Waals surface area contributed by atoms with Crippen molar-refractivity contribution in [3.63, 3.8) is 0 Å². The molecule has 0 aliphatic rings. The Morgan fingerprint density at radius 1 is 1.40 bits per heavy atom. The Bertz CT molecular complexity index is 230. The summed E-state index contributed by atoms with van der Waals surface area (Å²) in [4.78, 5) is 25.1. The molecule has 0 aromatic heterocycles. The maximum absolute atomic E-state index is 9.55. The molecular weight excluding hydrogens is 134 g/mol. The maximum Gasteiger partial charge on any atom is 0.236 e. The van der Waals surface area contributed by atoms with Gasteiger partial charge in [0.1, 0.15) is 0 Å². The van der Waals surface area contributed by atoms with E-state index in [4.69, 9.17) is 5.26 Å². The van der Waals surface area contributed by atoms with E-state index < -0.39 is 6.04 Å². The second-order valence-corrected chi connectivity index (χ2v) is 1.30. The number of nitriles is 1. The average Bonchev–Trinajstić information content (AvgIpc) is 1.98. The highest BCUT2D eigenvalue weighted by molar-refractivity contribution is 5.36. The van der Waals surface area contributed by atoms with Gasteiger partial charge in [0.15, 0.2) is 6.04 Å². The molecule has 1 atom stereocenters. The maximum atomic E-state index is 9.55. The first-order chi connectivity index (χ1) is 4.85. The van der Waals surface area contributed by atoms with Crippen LogP contribution >= 0.6 is 0 Å². The van der Waals surface area contributed by atoms with Crippen molar-refractivity contribution in [2.75, 3.05) is 6.54 Å². The minimum absolute atomic E-state index is 0.130. The molecule has 0 N–H and O–H groups in total. The van der Waals surface area contributed by atoms with Crippen LogP contribution in [-0.4, -0.2) is 24.7 Å². The first-order valence-corrected chi connectivity index (χ1v) is 2.35. The van der Waals surface area contributed by atoms with Gasteiger partial charge in [0.2, 0.25) is 12.2 Å². The molecule has 0 bridgehead atoms. The standard InChI is InChI=1S/C5H3N3O2/c6-1-5(8-4-10)2-7-3-9/h5H,2H2. The number of hydrogen-bond acceptors (Lipinski definition) is 5. The fourth-order valence-corrected chi connectivity index (χ4v) is 0.298. The van der Waals surface area contributed by atoms with Gasteiger partial charge in [-0.3, -0.25) is 0 Å². The smallest absolute Gasteiger partial charge is 0.211 e. The fourth-order valence-electron chi connectivity index (χ4n) is 0.298. The molecule has 10 heavy (non-hydrogen) atoms. The third-order valence-corrected chi connectivity index (χ3v) is 0.686. The molecule has 5 heteroatoms. The Morgan fingerprint density at radius 2 is 2.10 bits per heavy atom. The van der Waals surface area contributed by atoms with Crippen LogP contribution < -0.4 is 0 Å². The van der Waals surface area contributed by atoms with Gasteiger partial charge in [-0.15, -0.1) is 0 Å². The second-order valence-electron chi connectivity index (χ2n) is 1.30. The largest absolute Gasteiger partial charge is 0.236 e. The molecule has 0 aromatic rings. The summed E-state index contributed by atoms with van der Waals surface area (Å²) >= 11 is 0. The molecule has 5 nitrogen and oxygen atoms in total. The summed E-state index contributed by atoms with van der Waals surface area (Å²) in [6.07, 6.45) is 2.42. The number of nitrogens with zero attached hydrogens (tertiary/aromatic N) is 3. The van der Waals surface area contributed by atoms with E-state index in [1.165, 1.54) is 12.2 Å². The first kappa shape index (κ1) is 8.25. The van der Waals surface area contributed by atoms with E-state index in [1.807, 2.05) is 0 Å². The van der Waals surface area contributed by atoms with Gasteiger partial charge in [0, 0.05) is 0 Å². The monoisotopic (exact) mass is 137 g/mol. The van der Waals surface area contributed by atoms with Crippen molar-refractivity contribution in [2.45, 2.75) is 6.04 Å². The SMILES string of the molecule is N#CC(CN=C=O)N=C=O. The zero-order valence-electron chi connectivity index (χ0n) is 4.94. The molecule has 0 saturated carbocycles. The fraction of sp³-hybridized carbons (Fsp3) is 0.400. The average molecular weight is 137 g/mol. The van der Waals surface area contributed by atoms with Crippen molar-refractivity contribution in [1.82, 2.24) is 0 Å². The lowest BCUT2D eigenvalue weighted by atomic mass is 10.3. The lowest BCUT2D eigenvalue weighted by molar-refractivity contribution is 0.557. The van der Waals surface area contributed by atoms with Crippen LogP contribution in [0.15, 0.2) is 9.98 Å². The lowest BCUT2D eigenvalue weighted by Gasteiger charge is -1.88. The predicted molar refractivity (Wildman–Crippen MR) is 30.5 cm³/mol. The number of carbonyl (C=O) groups excluding carboxylic acids is 2. The zero-order chi connectivity index (χ0) is 7.82.